The van der Waals surface area contributed by atoms with Crippen LogP contribution in [0.4, 0.5) is 9.18 Å². The van der Waals surface area contributed by atoms with E-state index in [4.69, 9.17) is 0 Å². The third-order valence-electron chi connectivity index (χ3n) is 4.55. The van der Waals surface area contributed by atoms with Crippen LogP contribution in [-0.4, -0.2) is 43.4 Å². The maximum absolute atomic E-state index is 13.3. The smallest absolute Gasteiger partial charge is 0.325 e. The van der Waals surface area contributed by atoms with E-state index in [1.165, 1.54) is 18.2 Å². The molecule has 0 radical (unpaired) electrons. The number of halogens is 1. The minimum Gasteiger partial charge on any atom is -0.349 e. The number of urea groups is 1. The van der Waals surface area contributed by atoms with Crippen LogP contribution in [0.1, 0.15) is 17.8 Å². The summed E-state index contributed by atoms with van der Waals surface area (Å²) in [5, 5.41) is 13.2. The van der Waals surface area contributed by atoms with E-state index in [2.05, 4.69) is 20.8 Å². The molecule has 1 aromatic carbocycles. The Morgan fingerprint density at radius 2 is 2.03 bits per heavy atom. The van der Waals surface area contributed by atoms with E-state index in [9.17, 15) is 18.8 Å². The van der Waals surface area contributed by atoms with Crippen LogP contribution in [0, 0.1) is 5.82 Å². The summed E-state index contributed by atoms with van der Waals surface area (Å²) in [5.74, 6) is -0.846. The molecule has 3 aromatic rings. The quantitative estimate of drug-likeness (QED) is 0.604. The van der Waals surface area contributed by atoms with Crippen LogP contribution in [0.25, 0.3) is 5.65 Å². The highest BCUT2D eigenvalue weighted by Gasteiger charge is 2.39. The van der Waals surface area contributed by atoms with E-state index < -0.39 is 29.7 Å². The van der Waals surface area contributed by atoms with Gasteiger partial charge in [-0.2, -0.15) is 0 Å². The lowest BCUT2D eigenvalue weighted by atomic mass is 10.1. The van der Waals surface area contributed by atoms with Crippen molar-refractivity contribution in [1.29, 1.82) is 0 Å². The number of nitrogens with zero attached hydrogens (tertiary/aromatic N) is 4. The van der Waals surface area contributed by atoms with Crippen molar-refractivity contribution in [2.24, 2.45) is 0 Å². The Balaban J connectivity index is 1.35. The van der Waals surface area contributed by atoms with Gasteiger partial charge in [0.2, 0.25) is 5.91 Å². The van der Waals surface area contributed by atoms with Crippen molar-refractivity contribution in [3.63, 3.8) is 0 Å². The summed E-state index contributed by atoms with van der Waals surface area (Å²) in [6, 6.07) is 9.52. The van der Waals surface area contributed by atoms with Gasteiger partial charge in [0.15, 0.2) is 11.5 Å². The van der Waals surface area contributed by atoms with E-state index in [0.29, 0.717) is 17.0 Å². The van der Waals surface area contributed by atoms with Crippen molar-refractivity contribution in [1.82, 2.24) is 30.1 Å². The summed E-state index contributed by atoms with van der Waals surface area (Å²) in [6.07, 6.45) is 1.57. The third kappa shape index (κ3) is 3.91. The summed E-state index contributed by atoms with van der Waals surface area (Å²) in [7, 11) is 0. The number of aromatic nitrogens is 3. The van der Waals surface area contributed by atoms with Gasteiger partial charge in [-0.3, -0.25) is 18.9 Å². The normalized spacial score (nSPS) is 16.3. The second-order valence-electron chi connectivity index (χ2n) is 6.58. The zero-order valence-electron chi connectivity index (χ0n) is 15.2. The van der Waals surface area contributed by atoms with Crippen LogP contribution in [-0.2, 0) is 22.7 Å². The highest BCUT2D eigenvalue weighted by molar-refractivity contribution is 6.05. The van der Waals surface area contributed by atoms with E-state index in [1.54, 1.807) is 22.7 Å². The van der Waals surface area contributed by atoms with E-state index in [0.717, 1.165) is 4.90 Å². The summed E-state index contributed by atoms with van der Waals surface area (Å²) < 4.78 is 15.1. The maximum atomic E-state index is 13.3. The molecular formula is C19H17FN6O3. The summed E-state index contributed by atoms with van der Waals surface area (Å²) in [5.41, 5.74) is 1.14. The van der Waals surface area contributed by atoms with Crippen LogP contribution >= 0.6 is 0 Å². The molecule has 1 saturated heterocycles. The van der Waals surface area contributed by atoms with Crippen molar-refractivity contribution in [2.75, 3.05) is 0 Å². The second kappa shape index (κ2) is 7.66. The molecule has 4 rings (SSSR count). The molecule has 1 unspecified atom stereocenters. The fourth-order valence-corrected chi connectivity index (χ4v) is 3.13. The second-order valence-corrected chi connectivity index (χ2v) is 6.58. The number of pyridine rings is 1. The van der Waals surface area contributed by atoms with E-state index in [-0.39, 0.29) is 19.5 Å². The summed E-state index contributed by atoms with van der Waals surface area (Å²) in [6.45, 7) is 0.0676. The molecule has 0 spiro atoms. The first-order valence-corrected chi connectivity index (χ1v) is 8.93. The Hall–Kier alpha value is -3.82. The van der Waals surface area contributed by atoms with Crippen LogP contribution in [0.15, 0.2) is 48.7 Å². The van der Waals surface area contributed by atoms with Crippen LogP contribution in [0.5, 0.6) is 0 Å². The molecule has 1 aliphatic heterocycles. The first-order valence-electron chi connectivity index (χ1n) is 8.93. The molecular weight excluding hydrogens is 379 g/mol. The Kier molecular flexibility index (Phi) is 4.90. The first kappa shape index (κ1) is 18.5. The Labute approximate surface area is 164 Å². The molecule has 9 nitrogen and oxygen atoms in total. The summed E-state index contributed by atoms with van der Waals surface area (Å²) in [4.78, 5) is 37.8. The molecule has 4 amide bonds. The molecule has 2 N–H and O–H groups in total. The number of carbonyl (C=O) groups excluding carboxylic acids is 3. The predicted molar refractivity (Wildman–Crippen MR) is 98.7 cm³/mol. The van der Waals surface area contributed by atoms with Gasteiger partial charge in [-0.25, -0.2) is 9.18 Å². The number of carbonyl (C=O) groups is 3. The van der Waals surface area contributed by atoms with Crippen LogP contribution < -0.4 is 10.6 Å². The predicted octanol–water partition coefficient (Wildman–Crippen LogP) is 0.995. The van der Waals surface area contributed by atoms with Gasteiger partial charge in [-0.15, -0.1) is 10.2 Å². The minimum atomic E-state index is -0.966. The standard InChI is InChI=1S/C19H17FN6O3/c20-13-5-3-4-12(8-13)11-26-18(28)14(22-19(26)29)9-17(27)21-10-16-24-23-15-6-1-2-7-25(15)16/h1-8,14H,9-11H2,(H,21,27)(H,22,29). The third-order valence-corrected chi connectivity index (χ3v) is 4.55. The number of benzene rings is 1. The number of amides is 4. The van der Waals surface area contributed by atoms with Crippen molar-refractivity contribution >= 4 is 23.5 Å². The molecule has 0 aliphatic carbocycles. The van der Waals surface area contributed by atoms with Gasteiger partial charge in [0.05, 0.1) is 19.5 Å². The highest BCUT2D eigenvalue weighted by atomic mass is 19.1. The Morgan fingerprint density at radius 1 is 1.17 bits per heavy atom. The lowest BCUT2D eigenvalue weighted by molar-refractivity contribution is -0.131. The van der Waals surface area contributed by atoms with Crippen molar-refractivity contribution in [3.05, 3.63) is 65.9 Å². The molecule has 1 fully saturated rings. The van der Waals surface area contributed by atoms with Crippen molar-refractivity contribution in [3.8, 4) is 0 Å². The number of imide groups is 1. The average molecular weight is 396 g/mol. The van der Waals surface area contributed by atoms with Crippen molar-refractivity contribution < 1.29 is 18.8 Å². The monoisotopic (exact) mass is 396 g/mol. The van der Waals surface area contributed by atoms with Gasteiger partial charge in [0.1, 0.15) is 11.9 Å². The Morgan fingerprint density at radius 3 is 2.86 bits per heavy atom. The van der Waals surface area contributed by atoms with Gasteiger partial charge >= 0.3 is 6.03 Å². The Bertz CT molecular complexity index is 1100. The molecule has 0 saturated carbocycles. The summed E-state index contributed by atoms with van der Waals surface area (Å²) >= 11 is 0. The fraction of sp³-hybridized carbons (Fsp3) is 0.211. The zero-order valence-corrected chi connectivity index (χ0v) is 15.2. The molecule has 0 bridgehead atoms. The molecule has 10 heteroatoms. The van der Waals surface area contributed by atoms with E-state index in [1.807, 2.05) is 12.1 Å². The number of nitrogens with one attached hydrogen (secondary N) is 2. The maximum Gasteiger partial charge on any atom is 0.325 e. The molecule has 2 aromatic heterocycles. The van der Waals surface area contributed by atoms with Gasteiger partial charge in [-0.1, -0.05) is 18.2 Å². The van der Waals surface area contributed by atoms with Gasteiger partial charge in [0, 0.05) is 6.20 Å². The largest absolute Gasteiger partial charge is 0.349 e. The lowest BCUT2D eigenvalue weighted by Crippen LogP contribution is -2.36. The molecule has 29 heavy (non-hydrogen) atoms. The average Bonchev–Trinajstić information content (AvgIpc) is 3.23. The van der Waals surface area contributed by atoms with Gasteiger partial charge < -0.3 is 10.6 Å². The molecule has 1 aliphatic rings. The molecule has 1 atom stereocenters. The van der Waals surface area contributed by atoms with Gasteiger partial charge in [0.25, 0.3) is 5.91 Å². The minimum absolute atomic E-state index is 0.0632. The number of hydrogen-bond acceptors (Lipinski definition) is 5. The van der Waals surface area contributed by atoms with Gasteiger partial charge in [-0.05, 0) is 29.8 Å². The highest BCUT2D eigenvalue weighted by Crippen LogP contribution is 2.15. The van der Waals surface area contributed by atoms with Crippen LogP contribution in [0.2, 0.25) is 0 Å². The number of fused-ring (bicyclic) bond motifs is 1. The topological polar surface area (TPSA) is 109 Å². The number of rotatable bonds is 6. The SMILES string of the molecule is O=C(CC1NC(=O)N(Cc2cccc(F)c2)C1=O)NCc1nnc2ccccn12. The fourth-order valence-electron chi connectivity index (χ4n) is 3.13. The van der Waals surface area contributed by atoms with Crippen molar-refractivity contribution in [2.45, 2.75) is 25.6 Å². The lowest BCUT2D eigenvalue weighted by Gasteiger charge is -2.13. The number of hydrogen-bond donors (Lipinski definition) is 2. The van der Waals surface area contributed by atoms with E-state index >= 15 is 0 Å². The van der Waals surface area contributed by atoms with Crippen LogP contribution in [0.3, 0.4) is 0 Å². The zero-order chi connectivity index (χ0) is 20.4. The molecule has 148 valence electrons. The first-order chi connectivity index (χ1) is 14.0. The molecule has 3 heterocycles.